The highest BCUT2D eigenvalue weighted by Crippen LogP contribution is 2.28. The average Bonchev–Trinajstić information content (AvgIpc) is 3.66. The zero-order chi connectivity index (χ0) is 33.0. The van der Waals surface area contributed by atoms with Crippen molar-refractivity contribution in [3.05, 3.63) is 179 Å². The third-order valence-electron chi connectivity index (χ3n) is 8.85. The van der Waals surface area contributed by atoms with Gasteiger partial charge in [-0.1, -0.05) is 144 Å². The van der Waals surface area contributed by atoms with Gasteiger partial charge in [0.1, 0.15) is 11.6 Å². The minimum absolute atomic E-state index is 0.823. The van der Waals surface area contributed by atoms with Gasteiger partial charge in [-0.3, -0.25) is 0 Å². The highest BCUT2D eigenvalue weighted by Gasteiger charge is 2.14. The first-order valence-corrected chi connectivity index (χ1v) is 16.6. The molecule has 2 aromatic heterocycles. The van der Waals surface area contributed by atoms with E-state index >= 15 is 0 Å². The maximum atomic E-state index is 4.89. The number of fused-ring (bicyclic) bond motifs is 2. The summed E-state index contributed by atoms with van der Waals surface area (Å²) in [6.45, 7) is 10.1. The summed E-state index contributed by atoms with van der Waals surface area (Å²) in [4.78, 5) is 9.78. The molecule has 4 nitrogen and oxygen atoms in total. The molecule has 0 radical (unpaired) electrons. The fourth-order valence-electron chi connectivity index (χ4n) is 6.07. The summed E-state index contributed by atoms with van der Waals surface area (Å²) in [6, 6.07) is 51.4. The lowest BCUT2D eigenvalue weighted by atomic mass is 10.1. The minimum atomic E-state index is 0.823. The largest absolute Gasteiger partial charge is 0.319 e. The molecule has 0 spiro atoms. The van der Waals surface area contributed by atoms with Crippen LogP contribution < -0.4 is 0 Å². The number of benzene rings is 6. The van der Waals surface area contributed by atoms with Crippen LogP contribution in [0.2, 0.25) is 0 Å². The van der Waals surface area contributed by atoms with Crippen molar-refractivity contribution in [1.82, 2.24) is 19.1 Å². The van der Waals surface area contributed by atoms with Crippen LogP contribution in [0.15, 0.2) is 146 Å². The van der Waals surface area contributed by atoms with Gasteiger partial charge in [-0.05, 0) is 63.1 Å². The van der Waals surface area contributed by atoms with Crippen molar-refractivity contribution in [3.8, 4) is 22.8 Å². The van der Waals surface area contributed by atoms with Crippen LogP contribution in [0.1, 0.15) is 33.4 Å². The highest BCUT2D eigenvalue weighted by molar-refractivity contribution is 5.81. The lowest BCUT2D eigenvalue weighted by Crippen LogP contribution is -2.02. The molecule has 0 aliphatic carbocycles. The Hall–Kier alpha value is -5.74. The smallest absolute Gasteiger partial charge is 0.141 e. The second kappa shape index (κ2) is 13.5. The van der Waals surface area contributed by atoms with Crippen molar-refractivity contribution >= 4 is 22.1 Å². The lowest BCUT2D eigenvalue weighted by Gasteiger charge is -2.10. The Labute approximate surface area is 283 Å². The number of aromatic nitrogens is 4. The zero-order valence-corrected chi connectivity index (χ0v) is 28.1. The number of rotatable bonds is 6. The third kappa shape index (κ3) is 6.70. The van der Waals surface area contributed by atoms with Gasteiger partial charge in [-0.2, -0.15) is 0 Å². The van der Waals surface area contributed by atoms with Crippen LogP contribution in [0.25, 0.3) is 44.8 Å². The molecule has 6 aromatic carbocycles. The standard InChI is InChI=1S/2C22H20N2/c2*1-16-7-11-18(12-8-16)15-24-21-6-4-3-5-20(21)23-22(24)19-13-9-17(2)10-14-19/h2*3-14H,15H2,1-2H3. The maximum absolute atomic E-state index is 4.89. The Morgan fingerprint density at radius 1 is 0.375 bits per heavy atom. The number of hydrogen-bond acceptors (Lipinski definition) is 2. The average molecular weight is 625 g/mol. The second-order valence-electron chi connectivity index (χ2n) is 12.7. The molecule has 0 N–H and O–H groups in total. The van der Waals surface area contributed by atoms with Gasteiger partial charge >= 0.3 is 0 Å². The van der Waals surface area contributed by atoms with E-state index < -0.39 is 0 Å². The van der Waals surface area contributed by atoms with Crippen molar-refractivity contribution in [2.75, 3.05) is 0 Å². The van der Waals surface area contributed by atoms with Gasteiger partial charge in [-0.15, -0.1) is 0 Å². The molecule has 0 aliphatic heterocycles. The Balaban J connectivity index is 0.000000152. The first kappa shape index (κ1) is 30.9. The van der Waals surface area contributed by atoms with Crippen molar-refractivity contribution in [2.45, 2.75) is 40.8 Å². The van der Waals surface area contributed by atoms with E-state index in [-0.39, 0.29) is 0 Å². The summed E-state index contributed by atoms with van der Waals surface area (Å²) in [5.41, 5.74) is 14.4. The molecule has 48 heavy (non-hydrogen) atoms. The summed E-state index contributed by atoms with van der Waals surface area (Å²) in [5, 5.41) is 0. The molecule has 0 bridgehead atoms. The molecule has 8 rings (SSSR count). The predicted octanol–water partition coefficient (Wildman–Crippen LogP) is 10.7. The lowest BCUT2D eigenvalue weighted by molar-refractivity contribution is 0.834. The van der Waals surface area contributed by atoms with Gasteiger partial charge in [-0.25, -0.2) is 9.97 Å². The fourth-order valence-corrected chi connectivity index (χ4v) is 6.07. The van der Waals surface area contributed by atoms with Crippen molar-refractivity contribution < 1.29 is 0 Å². The van der Waals surface area contributed by atoms with Crippen LogP contribution in [0.5, 0.6) is 0 Å². The monoisotopic (exact) mass is 624 g/mol. The van der Waals surface area contributed by atoms with Crippen LogP contribution in [0.4, 0.5) is 0 Å². The van der Waals surface area contributed by atoms with E-state index in [1.165, 1.54) is 44.4 Å². The number of hydrogen-bond donors (Lipinski definition) is 0. The van der Waals surface area contributed by atoms with Gasteiger partial charge in [0.05, 0.1) is 22.1 Å². The Morgan fingerprint density at radius 3 is 1.04 bits per heavy atom. The van der Waals surface area contributed by atoms with Crippen molar-refractivity contribution in [1.29, 1.82) is 0 Å². The van der Waals surface area contributed by atoms with E-state index in [4.69, 9.17) is 9.97 Å². The van der Waals surface area contributed by atoms with Crippen LogP contribution >= 0.6 is 0 Å². The number of imidazole rings is 2. The predicted molar refractivity (Wildman–Crippen MR) is 200 cm³/mol. The molecule has 0 saturated heterocycles. The first-order valence-electron chi connectivity index (χ1n) is 16.6. The van der Waals surface area contributed by atoms with Crippen LogP contribution in [0.3, 0.4) is 0 Å². The Morgan fingerprint density at radius 2 is 0.688 bits per heavy atom. The molecule has 0 saturated carbocycles. The normalized spacial score (nSPS) is 11.1. The summed E-state index contributed by atoms with van der Waals surface area (Å²) in [7, 11) is 0. The topological polar surface area (TPSA) is 35.6 Å². The maximum Gasteiger partial charge on any atom is 0.141 e. The van der Waals surface area contributed by atoms with Gasteiger partial charge in [0.15, 0.2) is 0 Å². The van der Waals surface area contributed by atoms with E-state index in [1.54, 1.807) is 0 Å². The second-order valence-corrected chi connectivity index (χ2v) is 12.7. The highest BCUT2D eigenvalue weighted by atomic mass is 15.1. The van der Waals surface area contributed by atoms with Crippen molar-refractivity contribution in [2.24, 2.45) is 0 Å². The number of nitrogens with zero attached hydrogens (tertiary/aromatic N) is 4. The molecule has 4 heteroatoms. The van der Waals surface area contributed by atoms with E-state index in [1.807, 2.05) is 12.1 Å². The van der Waals surface area contributed by atoms with E-state index in [2.05, 4.69) is 170 Å². The van der Waals surface area contributed by atoms with Gasteiger partial charge in [0.2, 0.25) is 0 Å². The third-order valence-corrected chi connectivity index (χ3v) is 8.85. The number of para-hydroxylation sites is 4. The quantitative estimate of drug-likeness (QED) is 0.185. The van der Waals surface area contributed by atoms with Crippen LogP contribution in [0, 0.1) is 27.7 Å². The molecule has 8 aromatic rings. The molecule has 0 aliphatic rings. The van der Waals surface area contributed by atoms with Crippen LogP contribution in [-0.2, 0) is 13.1 Å². The molecule has 0 amide bonds. The van der Waals surface area contributed by atoms with Gasteiger partial charge < -0.3 is 9.13 Å². The van der Waals surface area contributed by atoms with Crippen LogP contribution in [-0.4, -0.2) is 19.1 Å². The molecule has 2 heterocycles. The SMILES string of the molecule is Cc1ccc(Cn2c(-c3ccc(C)cc3)nc3ccccc32)cc1.Cc1ccc(Cn2c(-c3ccc(C)cc3)nc3ccccc32)cc1. The van der Waals surface area contributed by atoms with E-state index in [0.717, 1.165) is 46.9 Å². The zero-order valence-electron chi connectivity index (χ0n) is 28.1. The van der Waals surface area contributed by atoms with E-state index in [0.29, 0.717) is 0 Å². The molecular weight excluding hydrogens is 585 g/mol. The Kier molecular flexibility index (Phi) is 8.72. The number of aryl methyl sites for hydroxylation is 4. The summed E-state index contributed by atoms with van der Waals surface area (Å²) in [6.07, 6.45) is 0. The molecule has 0 fully saturated rings. The van der Waals surface area contributed by atoms with Gasteiger partial charge in [0, 0.05) is 24.2 Å². The summed E-state index contributed by atoms with van der Waals surface area (Å²) >= 11 is 0. The van der Waals surface area contributed by atoms with Gasteiger partial charge in [0.25, 0.3) is 0 Å². The molecule has 0 atom stereocenters. The minimum Gasteiger partial charge on any atom is -0.319 e. The molecule has 0 unspecified atom stereocenters. The van der Waals surface area contributed by atoms with E-state index in [9.17, 15) is 0 Å². The fraction of sp³-hybridized carbons (Fsp3) is 0.136. The summed E-state index contributed by atoms with van der Waals surface area (Å²) < 4.78 is 4.62. The Bertz CT molecular complexity index is 2120. The van der Waals surface area contributed by atoms with Crippen molar-refractivity contribution in [3.63, 3.8) is 0 Å². The molecular formula is C44H40N4. The first-order chi connectivity index (χ1) is 23.4. The summed E-state index contributed by atoms with van der Waals surface area (Å²) in [5.74, 6) is 2.05. The molecule has 236 valence electrons.